The third-order valence-electron chi connectivity index (χ3n) is 5.07. The minimum Gasteiger partial charge on any atom is -0.385 e. The molecule has 1 unspecified atom stereocenters. The summed E-state index contributed by atoms with van der Waals surface area (Å²) < 4.78 is 6.36. The summed E-state index contributed by atoms with van der Waals surface area (Å²) in [6, 6.07) is 10.8. The highest BCUT2D eigenvalue weighted by molar-refractivity contribution is 5.94. The third-order valence-corrected chi connectivity index (χ3v) is 5.07. The molecule has 1 amide bonds. The van der Waals surface area contributed by atoms with Gasteiger partial charge in [-0.2, -0.15) is 5.26 Å². The zero-order valence-corrected chi connectivity index (χ0v) is 17.8. The number of aromatic nitrogens is 3. The molecule has 0 aliphatic carbocycles. The lowest BCUT2D eigenvalue weighted by Gasteiger charge is -2.13. The second-order valence-electron chi connectivity index (χ2n) is 7.43. The Hall–Kier alpha value is -3.70. The molecule has 2 aromatic heterocycles. The van der Waals surface area contributed by atoms with Crippen LogP contribution in [-0.4, -0.2) is 40.4 Å². The third kappa shape index (κ3) is 5.27. The average Bonchev–Trinajstić information content (AvgIpc) is 3.13. The van der Waals surface area contributed by atoms with Gasteiger partial charge in [0.25, 0.3) is 11.5 Å². The van der Waals surface area contributed by atoms with E-state index in [1.54, 1.807) is 31.5 Å². The van der Waals surface area contributed by atoms with Crippen molar-refractivity contribution in [2.75, 3.05) is 13.7 Å². The van der Waals surface area contributed by atoms with Crippen molar-refractivity contribution in [3.8, 4) is 11.9 Å². The van der Waals surface area contributed by atoms with Gasteiger partial charge < -0.3 is 10.1 Å². The molecule has 1 atom stereocenters. The number of aryl methyl sites for hydroxylation is 1. The first-order chi connectivity index (χ1) is 14.9. The number of aromatic amines is 1. The molecule has 1 aromatic carbocycles. The highest BCUT2D eigenvalue weighted by Crippen LogP contribution is 2.14. The van der Waals surface area contributed by atoms with Gasteiger partial charge in [-0.25, -0.2) is 9.67 Å². The quantitative estimate of drug-likeness (QED) is 0.582. The molecule has 0 aliphatic heterocycles. The maximum Gasteiger partial charge on any atom is 0.276 e. The number of benzene rings is 1. The molecule has 8 heteroatoms. The highest BCUT2D eigenvalue weighted by Gasteiger charge is 2.13. The van der Waals surface area contributed by atoms with Crippen LogP contribution in [0.3, 0.4) is 0 Å². The monoisotopic (exact) mass is 419 g/mol. The van der Waals surface area contributed by atoms with Crippen LogP contribution in [-0.2, 0) is 11.2 Å². The number of rotatable bonds is 8. The first-order valence-corrected chi connectivity index (χ1v) is 9.98. The van der Waals surface area contributed by atoms with E-state index in [0.29, 0.717) is 42.0 Å². The van der Waals surface area contributed by atoms with Crippen molar-refractivity contribution in [1.29, 1.82) is 5.26 Å². The Labute approximate surface area is 180 Å². The van der Waals surface area contributed by atoms with Crippen LogP contribution in [0.1, 0.15) is 46.0 Å². The van der Waals surface area contributed by atoms with Gasteiger partial charge in [-0.15, -0.1) is 0 Å². The summed E-state index contributed by atoms with van der Waals surface area (Å²) in [5.74, 6) is 0.176. The van der Waals surface area contributed by atoms with Crippen LogP contribution in [0.4, 0.5) is 0 Å². The van der Waals surface area contributed by atoms with Gasteiger partial charge in [-0.05, 0) is 55.7 Å². The van der Waals surface area contributed by atoms with Crippen LogP contribution in [0.15, 0.2) is 47.5 Å². The van der Waals surface area contributed by atoms with Gasteiger partial charge in [0.15, 0.2) is 5.82 Å². The van der Waals surface area contributed by atoms with Crippen molar-refractivity contribution in [1.82, 2.24) is 20.1 Å². The van der Waals surface area contributed by atoms with E-state index in [9.17, 15) is 9.59 Å². The summed E-state index contributed by atoms with van der Waals surface area (Å²) in [5, 5.41) is 14.8. The van der Waals surface area contributed by atoms with Crippen molar-refractivity contribution >= 4 is 5.91 Å². The van der Waals surface area contributed by atoms with Crippen LogP contribution in [0, 0.1) is 18.3 Å². The molecule has 0 radical (unpaired) electrons. The van der Waals surface area contributed by atoms with Gasteiger partial charge >= 0.3 is 0 Å². The number of carbonyl (C=O) groups excluding carboxylic acids is 1. The Kier molecular flexibility index (Phi) is 7.00. The summed E-state index contributed by atoms with van der Waals surface area (Å²) in [4.78, 5) is 29.4. The van der Waals surface area contributed by atoms with Gasteiger partial charge in [-0.3, -0.25) is 14.7 Å². The Bertz CT molecular complexity index is 1160. The molecule has 2 N–H and O–H groups in total. The molecule has 0 saturated carbocycles. The minimum absolute atomic E-state index is 0.0219. The Morgan fingerprint density at radius 2 is 2.13 bits per heavy atom. The number of pyridine rings is 1. The molecular formula is C23H25N5O3. The number of carbonyl (C=O) groups is 1. The van der Waals surface area contributed by atoms with Gasteiger partial charge in [0.1, 0.15) is 0 Å². The topological polar surface area (TPSA) is 113 Å². The normalized spacial score (nSPS) is 11.7. The molecule has 0 spiro atoms. The van der Waals surface area contributed by atoms with Crippen molar-refractivity contribution in [3.63, 3.8) is 0 Å². The van der Waals surface area contributed by atoms with E-state index in [1.807, 2.05) is 26.0 Å². The molecule has 3 aromatic rings. The van der Waals surface area contributed by atoms with Crippen LogP contribution in [0.5, 0.6) is 0 Å². The smallest absolute Gasteiger partial charge is 0.276 e. The average molecular weight is 419 g/mol. The number of methoxy groups -OCH3 is 1. The predicted octanol–water partition coefficient (Wildman–Crippen LogP) is 2.49. The molecule has 160 valence electrons. The van der Waals surface area contributed by atoms with Crippen LogP contribution < -0.4 is 10.9 Å². The number of nitrogens with zero attached hydrogens (tertiary/aromatic N) is 3. The zero-order valence-electron chi connectivity index (χ0n) is 17.8. The van der Waals surface area contributed by atoms with E-state index in [4.69, 9.17) is 10.00 Å². The summed E-state index contributed by atoms with van der Waals surface area (Å²) >= 11 is 0. The van der Waals surface area contributed by atoms with Gasteiger partial charge in [-0.1, -0.05) is 6.07 Å². The maximum absolute atomic E-state index is 12.8. The fraction of sp³-hybridized carbons (Fsp3) is 0.304. The van der Waals surface area contributed by atoms with Crippen LogP contribution in [0.25, 0.3) is 5.82 Å². The molecule has 0 aliphatic rings. The zero-order chi connectivity index (χ0) is 22.4. The molecule has 0 fully saturated rings. The van der Waals surface area contributed by atoms with Gasteiger partial charge in [0, 0.05) is 44.1 Å². The number of hydrogen-bond donors (Lipinski definition) is 2. The summed E-state index contributed by atoms with van der Waals surface area (Å²) in [6.45, 7) is 4.40. The van der Waals surface area contributed by atoms with E-state index >= 15 is 0 Å². The largest absolute Gasteiger partial charge is 0.385 e. The number of nitrogens with one attached hydrogen (secondary N) is 2. The standard InChI is InChI=1S/C23H25N5O3/c1-15-10-17(12-24)4-5-18(15)11-20-14-26-28(23(20)30)21-7-6-19(13-25-21)22(29)27-16(2)8-9-31-3/h4-7,10,13-14,16,26H,8-9,11H2,1-3H3,(H,27,29). The van der Waals surface area contributed by atoms with Gasteiger partial charge in [0.05, 0.1) is 17.2 Å². The number of ether oxygens (including phenoxy) is 1. The van der Waals surface area contributed by atoms with Crippen LogP contribution in [0.2, 0.25) is 0 Å². The van der Waals surface area contributed by atoms with Crippen molar-refractivity contribution in [2.45, 2.75) is 32.7 Å². The van der Waals surface area contributed by atoms with Crippen molar-refractivity contribution in [2.24, 2.45) is 0 Å². The fourth-order valence-electron chi connectivity index (χ4n) is 3.20. The lowest BCUT2D eigenvalue weighted by molar-refractivity contribution is 0.0929. The molecule has 8 nitrogen and oxygen atoms in total. The summed E-state index contributed by atoms with van der Waals surface area (Å²) in [7, 11) is 1.62. The van der Waals surface area contributed by atoms with Crippen molar-refractivity contribution < 1.29 is 9.53 Å². The van der Waals surface area contributed by atoms with E-state index in [0.717, 1.165) is 11.1 Å². The Balaban J connectivity index is 1.73. The predicted molar refractivity (Wildman–Crippen MR) is 116 cm³/mol. The SMILES string of the molecule is COCCC(C)NC(=O)c1ccc(-n2[nH]cc(Cc3ccc(C#N)cc3C)c2=O)nc1. The number of hydrogen-bond acceptors (Lipinski definition) is 5. The van der Waals surface area contributed by atoms with E-state index < -0.39 is 0 Å². The first-order valence-electron chi connectivity index (χ1n) is 9.98. The summed E-state index contributed by atoms with van der Waals surface area (Å²) in [6.07, 6.45) is 4.26. The van der Waals surface area contributed by atoms with E-state index in [1.165, 1.54) is 10.9 Å². The Morgan fingerprint density at radius 3 is 2.77 bits per heavy atom. The lowest BCUT2D eigenvalue weighted by Crippen LogP contribution is -2.33. The maximum atomic E-state index is 12.8. The van der Waals surface area contributed by atoms with E-state index in [-0.39, 0.29) is 17.5 Å². The molecule has 31 heavy (non-hydrogen) atoms. The van der Waals surface area contributed by atoms with E-state index in [2.05, 4.69) is 21.5 Å². The minimum atomic E-state index is -0.224. The number of amides is 1. The molecule has 2 heterocycles. The molecule has 0 bridgehead atoms. The highest BCUT2D eigenvalue weighted by atomic mass is 16.5. The second kappa shape index (κ2) is 9.87. The Morgan fingerprint density at radius 1 is 1.32 bits per heavy atom. The lowest BCUT2D eigenvalue weighted by atomic mass is 10.0. The second-order valence-corrected chi connectivity index (χ2v) is 7.43. The number of H-pyrrole nitrogens is 1. The van der Waals surface area contributed by atoms with Crippen molar-refractivity contribution in [3.05, 3.63) is 80.9 Å². The van der Waals surface area contributed by atoms with Crippen LogP contribution >= 0.6 is 0 Å². The number of nitriles is 1. The molecule has 0 saturated heterocycles. The fourth-order valence-corrected chi connectivity index (χ4v) is 3.20. The first kappa shape index (κ1) is 22.0. The molecular weight excluding hydrogens is 394 g/mol. The molecule has 3 rings (SSSR count). The summed E-state index contributed by atoms with van der Waals surface area (Å²) in [5.41, 5.74) is 3.32. The van der Waals surface area contributed by atoms with Gasteiger partial charge in [0.2, 0.25) is 0 Å².